The standard InChI is InChI=1S/C7H14N4O/c1-7(2,4-12)10-5-3-9-11-6(5)8/h3,10,12H,4H2,1-2H3,(H3,8,9,11). The Morgan fingerprint density at radius 3 is 2.83 bits per heavy atom. The molecule has 5 N–H and O–H groups in total. The molecule has 1 rings (SSSR count). The second-order valence-electron chi connectivity index (χ2n) is 3.36. The van der Waals surface area contributed by atoms with Crippen LogP contribution in [0.5, 0.6) is 0 Å². The number of nitrogens with two attached hydrogens (primary N) is 1. The lowest BCUT2D eigenvalue weighted by atomic mass is 10.1. The second-order valence-corrected chi connectivity index (χ2v) is 3.36. The normalized spacial score (nSPS) is 11.6. The van der Waals surface area contributed by atoms with Crippen LogP contribution in [0.15, 0.2) is 6.20 Å². The van der Waals surface area contributed by atoms with Gasteiger partial charge in [0.05, 0.1) is 24.0 Å². The fourth-order valence-electron chi connectivity index (χ4n) is 0.800. The number of rotatable bonds is 3. The van der Waals surface area contributed by atoms with Crippen molar-refractivity contribution < 1.29 is 5.11 Å². The summed E-state index contributed by atoms with van der Waals surface area (Å²) in [5.41, 5.74) is 5.88. The molecule has 0 saturated heterocycles. The lowest BCUT2D eigenvalue weighted by Gasteiger charge is -2.23. The molecule has 1 aromatic heterocycles. The number of aliphatic hydroxyl groups excluding tert-OH is 1. The zero-order chi connectivity index (χ0) is 9.19. The summed E-state index contributed by atoms with van der Waals surface area (Å²) in [6.07, 6.45) is 1.59. The maximum absolute atomic E-state index is 8.95. The fourth-order valence-corrected chi connectivity index (χ4v) is 0.800. The predicted molar refractivity (Wildman–Crippen MR) is 47.8 cm³/mol. The smallest absolute Gasteiger partial charge is 0.142 e. The molecule has 0 radical (unpaired) electrons. The molecule has 1 aromatic rings. The number of nitrogens with one attached hydrogen (secondary N) is 2. The minimum atomic E-state index is -0.377. The van der Waals surface area contributed by atoms with Gasteiger partial charge in [-0.2, -0.15) is 5.10 Å². The minimum absolute atomic E-state index is 0.0393. The highest BCUT2D eigenvalue weighted by Gasteiger charge is 2.17. The van der Waals surface area contributed by atoms with Gasteiger partial charge in [-0.25, -0.2) is 0 Å². The third kappa shape index (κ3) is 1.88. The average Bonchev–Trinajstić information content (AvgIpc) is 2.36. The first-order chi connectivity index (χ1) is 5.55. The van der Waals surface area contributed by atoms with Crippen LogP contribution in [0.1, 0.15) is 13.8 Å². The highest BCUT2D eigenvalue weighted by atomic mass is 16.3. The molecule has 5 nitrogen and oxygen atoms in total. The number of H-pyrrole nitrogens is 1. The van der Waals surface area contributed by atoms with Crippen LogP contribution >= 0.6 is 0 Å². The molecule has 0 aromatic carbocycles. The largest absolute Gasteiger partial charge is 0.394 e. The van der Waals surface area contributed by atoms with Crippen LogP contribution in [-0.2, 0) is 0 Å². The molecule has 68 valence electrons. The van der Waals surface area contributed by atoms with E-state index in [2.05, 4.69) is 15.5 Å². The quantitative estimate of drug-likeness (QED) is 0.521. The molecule has 0 saturated carbocycles. The predicted octanol–water partition coefficient (Wildman–Crippen LogP) is 0.175. The van der Waals surface area contributed by atoms with Crippen molar-refractivity contribution in [1.29, 1.82) is 0 Å². The van der Waals surface area contributed by atoms with Gasteiger partial charge >= 0.3 is 0 Å². The van der Waals surface area contributed by atoms with Crippen LogP contribution in [0.2, 0.25) is 0 Å². The first-order valence-corrected chi connectivity index (χ1v) is 3.73. The molecule has 0 aliphatic carbocycles. The lowest BCUT2D eigenvalue weighted by Crippen LogP contribution is -2.35. The third-order valence-corrected chi connectivity index (χ3v) is 1.54. The molecule has 0 spiro atoms. The second kappa shape index (κ2) is 3.02. The number of aromatic amines is 1. The van der Waals surface area contributed by atoms with E-state index in [-0.39, 0.29) is 12.1 Å². The molecule has 0 amide bonds. The maximum atomic E-state index is 8.95. The van der Waals surface area contributed by atoms with E-state index in [1.54, 1.807) is 6.20 Å². The average molecular weight is 170 g/mol. The van der Waals surface area contributed by atoms with Gasteiger partial charge in [0.2, 0.25) is 0 Å². The molecule has 0 fully saturated rings. The number of aromatic nitrogens is 2. The highest BCUT2D eigenvalue weighted by Crippen LogP contribution is 2.18. The summed E-state index contributed by atoms with van der Waals surface area (Å²) in [7, 11) is 0. The van der Waals surface area contributed by atoms with Gasteiger partial charge in [0.15, 0.2) is 0 Å². The zero-order valence-electron chi connectivity index (χ0n) is 7.26. The molecule has 0 atom stereocenters. The third-order valence-electron chi connectivity index (χ3n) is 1.54. The Hall–Kier alpha value is -1.23. The monoisotopic (exact) mass is 170 g/mol. The summed E-state index contributed by atoms with van der Waals surface area (Å²) in [5.74, 6) is 0.483. The van der Waals surface area contributed by atoms with Crippen molar-refractivity contribution in [2.24, 2.45) is 0 Å². The summed E-state index contributed by atoms with van der Waals surface area (Å²) in [4.78, 5) is 0. The van der Waals surface area contributed by atoms with Gasteiger partial charge in [-0.1, -0.05) is 0 Å². The van der Waals surface area contributed by atoms with Gasteiger partial charge in [-0.15, -0.1) is 0 Å². The van der Waals surface area contributed by atoms with Crippen molar-refractivity contribution >= 4 is 11.5 Å². The maximum Gasteiger partial charge on any atom is 0.142 e. The van der Waals surface area contributed by atoms with Crippen LogP contribution in [0, 0.1) is 0 Å². The van der Waals surface area contributed by atoms with E-state index in [1.165, 1.54) is 0 Å². The Bertz CT molecular complexity index is 256. The summed E-state index contributed by atoms with van der Waals surface area (Å²) >= 11 is 0. The molecule has 1 heterocycles. The first-order valence-electron chi connectivity index (χ1n) is 3.73. The van der Waals surface area contributed by atoms with Crippen LogP contribution in [0.25, 0.3) is 0 Å². The van der Waals surface area contributed by atoms with E-state index in [9.17, 15) is 0 Å². The highest BCUT2D eigenvalue weighted by molar-refractivity contribution is 5.61. The van der Waals surface area contributed by atoms with Crippen molar-refractivity contribution in [2.45, 2.75) is 19.4 Å². The molecular formula is C7H14N4O. The summed E-state index contributed by atoms with van der Waals surface area (Å²) < 4.78 is 0. The topological polar surface area (TPSA) is 87.0 Å². The summed E-state index contributed by atoms with van der Waals surface area (Å²) in [6, 6.07) is 0. The van der Waals surface area contributed by atoms with Crippen molar-refractivity contribution in [3.05, 3.63) is 6.20 Å². The first kappa shape index (κ1) is 8.86. The molecule has 0 unspecified atom stereocenters. The van der Waals surface area contributed by atoms with Crippen LogP contribution in [0.3, 0.4) is 0 Å². The SMILES string of the molecule is CC(C)(CO)Nc1cn[nH]c1N. The molecule has 0 aliphatic rings. The van der Waals surface area contributed by atoms with Crippen molar-refractivity contribution in [1.82, 2.24) is 10.2 Å². The van der Waals surface area contributed by atoms with E-state index >= 15 is 0 Å². The van der Waals surface area contributed by atoms with Crippen molar-refractivity contribution in [2.75, 3.05) is 17.7 Å². The Morgan fingerprint density at radius 1 is 1.75 bits per heavy atom. The van der Waals surface area contributed by atoms with E-state index in [1.807, 2.05) is 13.8 Å². The Kier molecular flexibility index (Phi) is 2.23. The van der Waals surface area contributed by atoms with Gasteiger partial charge in [-0.05, 0) is 13.8 Å². The van der Waals surface area contributed by atoms with Crippen molar-refractivity contribution in [3.63, 3.8) is 0 Å². The van der Waals surface area contributed by atoms with Crippen LogP contribution in [-0.4, -0.2) is 27.4 Å². The van der Waals surface area contributed by atoms with Gasteiger partial charge in [-0.3, -0.25) is 5.10 Å². The summed E-state index contributed by atoms with van der Waals surface area (Å²) in [6.45, 7) is 3.79. The Morgan fingerprint density at radius 2 is 2.42 bits per heavy atom. The van der Waals surface area contributed by atoms with Gasteiger partial charge in [0, 0.05) is 0 Å². The van der Waals surface area contributed by atoms with E-state index in [4.69, 9.17) is 10.8 Å². The fraction of sp³-hybridized carbons (Fsp3) is 0.571. The number of hydrogen-bond acceptors (Lipinski definition) is 4. The summed E-state index contributed by atoms with van der Waals surface area (Å²) in [5, 5.41) is 18.3. The van der Waals surface area contributed by atoms with Gasteiger partial charge in [0.1, 0.15) is 5.82 Å². The van der Waals surface area contributed by atoms with Crippen LogP contribution < -0.4 is 11.1 Å². The number of aliphatic hydroxyl groups is 1. The van der Waals surface area contributed by atoms with E-state index in [0.717, 1.165) is 0 Å². The number of hydrogen-bond donors (Lipinski definition) is 4. The number of anilines is 2. The van der Waals surface area contributed by atoms with Crippen molar-refractivity contribution in [3.8, 4) is 0 Å². The van der Waals surface area contributed by atoms with E-state index in [0.29, 0.717) is 11.5 Å². The lowest BCUT2D eigenvalue weighted by molar-refractivity contribution is 0.234. The molecule has 0 bridgehead atoms. The molecule has 5 heteroatoms. The Labute approximate surface area is 71.0 Å². The van der Waals surface area contributed by atoms with Gasteiger partial charge < -0.3 is 16.2 Å². The number of nitrogen functional groups attached to an aromatic ring is 1. The molecule has 0 aliphatic heterocycles. The zero-order valence-corrected chi connectivity index (χ0v) is 7.26. The molecular weight excluding hydrogens is 156 g/mol. The Balaban J connectivity index is 2.70. The van der Waals surface area contributed by atoms with Gasteiger partial charge in [0.25, 0.3) is 0 Å². The van der Waals surface area contributed by atoms with Crippen LogP contribution in [0.4, 0.5) is 11.5 Å². The van der Waals surface area contributed by atoms with E-state index < -0.39 is 0 Å². The minimum Gasteiger partial charge on any atom is -0.394 e. The number of nitrogens with zero attached hydrogens (tertiary/aromatic N) is 1. The molecule has 12 heavy (non-hydrogen) atoms.